The molecule has 4 aromatic carbocycles. The van der Waals surface area contributed by atoms with Crippen molar-refractivity contribution in [3.63, 3.8) is 0 Å². The van der Waals surface area contributed by atoms with Gasteiger partial charge in [0.25, 0.3) is 12.0 Å². The summed E-state index contributed by atoms with van der Waals surface area (Å²) in [5, 5.41) is 16.5. The molecule has 57 heavy (non-hydrogen) atoms. The van der Waals surface area contributed by atoms with E-state index in [-0.39, 0.29) is 56.3 Å². The van der Waals surface area contributed by atoms with Gasteiger partial charge in [-0.1, -0.05) is 50.6 Å². The van der Waals surface area contributed by atoms with Crippen LogP contribution in [0.3, 0.4) is 0 Å². The van der Waals surface area contributed by atoms with Gasteiger partial charge < -0.3 is 15.2 Å². The average Bonchev–Trinajstić information content (AvgIpc) is 3.48. The summed E-state index contributed by atoms with van der Waals surface area (Å²) in [7, 11) is -2.74. The smallest absolute Gasteiger partial charge is 0.405 e. The number of carbonyl (C=O) groups is 1. The fraction of sp³-hybridized carbons (Fsp3) is 0.282. The highest BCUT2D eigenvalue weighted by Gasteiger charge is 2.31. The molecule has 12 nitrogen and oxygen atoms in total. The number of anilines is 1. The van der Waals surface area contributed by atoms with Crippen molar-refractivity contribution >= 4 is 55.3 Å². The number of aromatic nitrogens is 4. The van der Waals surface area contributed by atoms with Crippen LogP contribution in [-0.2, 0) is 34.9 Å². The maximum Gasteiger partial charge on any atom is 0.405 e. The van der Waals surface area contributed by atoms with Crippen LogP contribution in [0.5, 0.6) is 5.75 Å². The van der Waals surface area contributed by atoms with E-state index in [1.165, 1.54) is 25.3 Å². The zero-order chi connectivity index (χ0) is 41.6. The van der Waals surface area contributed by atoms with Crippen LogP contribution in [0.2, 0.25) is 5.02 Å². The van der Waals surface area contributed by atoms with Crippen molar-refractivity contribution in [2.45, 2.75) is 58.2 Å². The second-order valence-corrected chi connectivity index (χ2v) is 16.7. The summed E-state index contributed by atoms with van der Waals surface area (Å²) in [6.45, 7) is 4.42. The summed E-state index contributed by atoms with van der Waals surface area (Å²) in [6, 6.07) is 15.1. The number of benzene rings is 4. The second-order valence-electron chi connectivity index (χ2n) is 14.4. The standard InChI is InChI=1S/C39H37ClF4N6O6S/c1-39(2,3)23-8-11-27-29(17-23)45-35(30(46-38(52)53)16-22-14-24(41)18-25(42)15-22)50(37(27)51)31-13-12-28(40)33-34(31)48(20-32(43)44)47-36(33)49(57(5,54)55)19-21-6-9-26(56-4)10-7-21/h6-15,17-18,30,32,46H,16,19-20H2,1-5H3,(H,52,53). The Hall–Kier alpha value is -5.68. The third-order valence-corrected chi connectivity index (χ3v) is 10.6. The van der Waals surface area contributed by atoms with Gasteiger partial charge in [-0.05, 0) is 70.6 Å². The number of carboxylic acid groups (broad SMARTS) is 1. The molecule has 0 saturated heterocycles. The van der Waals surface area contributed by atoms with Gasteiger partial charge in [-0.25, -0.2) is 40.1 Å². The third-order valence-electron chi connectivity index (χ3n) is 9.21. The van der Waals surface area contributed by atoms with Crippen molar-refractivity contribution in [1.29, 1.82) is 0 Å². The quantitative estimate of drug-likeness (QED) is 0.119. The van der Waals surface area contributed by atoms with Gasteiger partial charge in [-0.15, -0.1) is 0 Å². The summed E-state index contributed by atoms with van der Waals surface area (Å²) < 4.78 is 92.4. The summed E-state index contributed by atoms with van der Waals surface area (Å²) >= 11 is 6.77. The Morgan fingerprint density at radius 2 is 1.67 bits per heavy atom. The van der Waals surface area contributed by atoms with Gasteiger partial charge in [0.15, 0.2) is 5.82 Å². The maximum atomic E-state index is 14.8. The van der Waals surface area contributed by atoms with E-state index in [1.807, 2.05) is 20.8 Å². The maximum absolute atomic E-state index is 14.8. The number of amides is 1. The lowest BCUT2D eigenvalue weighted by atomic mass is 9.86. The zero-order valence-corrected chi connectivity index (χ0v) is 32.8. The predicted molar refractivity (Wildman–Crippen MR) is 208 cm³/mol. The number of ether oxygens (including phenoxy) is 1. The zero-order valence-electron chi connectivity index (χ0n) is 31.2. The normalized spacial score (nSPS) is 12.7. The van der Waals surface area contributed by atoms with E-state index in [4.69, 9.17) is 21.3 Å². The molecule has 300 valence electrons. The summed E-state index contributed by atoms with van der Waals surface area (Å²) in [6.07, 6.45) is -4.12. The van der Waals surface area contributed by atoms with E-state index in [9.17, 15) is 40.7 Å². The first-order valence-corrected chi connectivity index (χ1v) is 19.6. The molecule has 0 aliphatic heterocycles. The van der Waals surface area contributed by atoms with Crippen LogP contribution < -0.4 is 19.9 Å². The number of halogens is 5. The number of rotatable bonds is 12. The topological polar surface area (TPSA) is 149 Å². The number of sulfonamides is 1. The summed E-state index contributed by atoms with van der Waals surface area (Å²) in [5.74, 6) is -1.98. The SMILES string of the molecule is COc1ccc(CN(c2nn(CC(F)F)c3c(-n4c(C(Cc5cc(F)cc(F)c5)NC(=O)O)nc5cc(C(C)(C)C)ccc5c4=O)ccc(Cl)c23)S(C)(=O)=O)cc1. The number of hydrogen-bond acceptors (Lipinski definition) is 7. The molecule has 0 saturated carbocycles. The summed E-state index contributed by atoms with van der Waals surface area (Å²) in [5.41, 5.74) is -0.154. The molecule has 0 aliphatic carbocycles. The number of alkyl halides is 2. The molecular formula is C39H37ClF4N6O6S. The molecule has 6 aromatic rings. The minimum absolute atomic E-state index is 0.00388. The van der Waals surface area contributed by atoms with Crippen molar-refractivity contribution < 1.29 is 40.6 Å². The van der Waals surface area contributed by atoms with Gasteiger partial charge in [0.2, 0.25) is 10.0 Å². The summed E-state index contributed by atoms with van der Waals surface area (Å²) in [4.78, 5) is 31.9. The lowest BCUT2D eigenvalue weighted by molar-refractivity contribution is 0.123. The van der Waals surface area contributed by atoms with Crippen LogP contribution in [0.4, 0.5) is 28.2 Å². The molecule has 1 unspecified atom stereocenters. The Kier molecular flexibility index (Phi) is 11.3. The molecular weight excluding hydrogens is 792 g/mol. The number of fused-ring (bicyclic) bond motifs is 2. The molecule has 1 amide bonds. The molecule has 0 bridgehead atoms. The first-order chi connectivity index (χ1) is 26.7. The van der Waals surface area contributed by atoms with Gasteiger partial charge >= 0.3 is 6.09 Å². The monoisotopic (exact) mass is 828 g/mol. The van der Waals surface area contributed by atoms with Gasteiger partial charge in [0.1, 0.15) is 29.8 Å². The van der Waals surface area contributed by atoms with E-state index in [1.54, 1.807) is 36.4 Å². The Labute approximate surface area is 329 Å². The fourth-order valence-corrected chi connectivity index (χ4v) is 7.63. The number of hydrogen-bond donors (Lipinski definition) is 2. The lowest BCUT2D eigenvalue weighted by Gasteiger charge is -2.24. The van der Waals surface area contributed by atoms with E-state index < -0.39 is 64.2 Å². The van der Waals surface area contributed by atoms with Gasteiger partial charge in [0.05, 0.1) is 58.5 Å². The number of methoxy groups -OCH3 is 1. The largest absolute Gasteiger partial charge is 0.497 e. The Morgan fingerprint density at radius 1 is 1.00 bits per heavy atom. The first kappa shape index (κ1) is 41.0. The molecule has 18 heteroatoms. The number of nitrogens with one attached hydrogen (secondary N) is 1. The van der Waals surface area contributed by atoms with Crippen molar-refractivity contribution in [2.24, 2.45) is 0 Å². The molecule has 2 heterocycles. The highest BCUT2D eigenvalue weighted by atomic mass is 35.5. The molecule has 0 spiro atoms. The first-order valence-electron chi connectivity index (χ1n) is 17.3. The van der Waals surface area contributed by atoms with Crippen LogP contribution in [-0.4, -0.2) is 58.7 Å². The van der Waals surface area contributed by atoms with Crippen LogP contribution >= 0.6 is 11.6 Å². The van der Waals surface area contributed by atoms with Crippen LogP contribution in [0.25, 0.3) is 27.5 Å². The van der Waals surface area contributed by atoms with Crippen LogP contribution in [0.15, 0.2) is 77.6 Å². The lowest BCUT2D eigenvalue weighted by Crippen LogP contribution is -2.35. The minimum atomic E-state index is -4.20. The predicted octanol–water partition coefficient (Wildman–Crippen LogP) is 7.76. The van der Waals surface area contributed by atoms with E-state index in [0.29, 0.717) is 17.4 Å². The van der Waals surface area contributed by atoms with Crippen molar-refractivity contribution in [3.05, 3.63) is 122 Å². The molecule has 2 aromatic heterocycles. The van der Waals surface area contributed by atoms with E-state index >= 15 is 0 Å². The van der Waals surface area contributed by atoms with E-state index in [2.05, 4.69) is 10.4 Å². The van der Waals surface area contributed by atoms with Gasteiger partial charge in [-0.2, -0.15) is 5.10 Å². The highest BCUT2D eigenvalue weighted by molar-refractivity contribution is 7.92. The fourth-order valence-electron chi connectivity index (χ4n) is 6.56. The van der Waals surface area contributed by atoms with Crippen LogP contribution in [0.1, 0.15) is 49.3 Å². The van der Waals surface area contributed by atoms with Crippen molar-refractivity contribution in [3.8, 4) is 11.4 Å². The molecule has 2 N–H and O–H groups in total. The molecule has 0 aliphatic rings. The third kappa shape index (κ3) is 8.68. The van der Waals surface area contributed by atoms with Crippen molar-refractivity contribution in [2.75, 3.05) is 17.7 Å². The molecule has 6 rings (SSSR count). The second kappa shape index (κ2) is 15.7. The van der Waals surface area contributed by atoms with Gasteiger partial charge in [0, 0.05) is 12.5 Å². The minimum Gasteiger partial charge on any atom is -0.497 e. The average molecular weight is 829 g/mol. The van der Waals surface area contributed by atoms with Gasteiger partial charge in [-0.3, -0.25) is 14.0 Å². The van der Waals surface area contributed by atoms with E-state index in [0.717, 1.165) is 37.5 Å². The van der Waals surface area contributed by atoms with Crippen LogP contribution in [0, 0.1) is 11.6 Å². The Bertz CT molecular complexity index is 2660. The van der Waals surface area contributed by atoms with Crippen molar-refractivity contribution in [1.82, 2.24) is 24.6 Å². The number of nitrogens with zero attached hydrogens (tertiary/aromatic N) is 5. The molecule has 0 radical (unpaired) electrons. The highest BCUT2D eigenvalue weighted by Crippen LogP contribution is 2.39. The Morgan fingerprint density at radius 3 is 2.25 bits per heavy atom. The molecule has 0 fully saturated rings. The Balaban J connectivity index is 1.70. The molecule has 1 atom stereocenters.